The van der Waals surface area contributed by atoms with Crippen LogP contribution in [0.15, 0.2) is 60.7 Å². The predicted molar refractivity (Wildman–Crippen MR) is 91.9 cm³/mol. The molecule has 25 heavy (non-hydrogen) atoms. The molecule has 0 radical (unpaired) electrons. The maximum Gasteiger partial charge on any atom is 0.151 e. The quantitative estimate of drug-likeness (QED) is 0.745. The van der Waals surface area contributed by atoms with Crippen LogP contribution in [0.25, 0.3) is 0 Å². The van der Waals surface area contributed by atoms with Gasteiger partial charge in [0.15, 0.2) is 6.29 Å². The van der Waals surface area contributed by atoms with Crippen molar-refractivity contribution < 1.29 is 24.1 Å². The Morgan fingerprint density at radius 3 is 2.24 bits per heavy atom. The Labute approximate surface area is 147 Å². The highest BCUT2D eigenvalue weighted by Crippen LogP contribution is 2.28. The third-order valence-corrected chi connectivity index (χ3v) is 4.22. The van der Waals surface area contributed by atoms with Gasteiger partial charge in [-0.25, -0.2) is 0 Å². The summed E-state index contributed by atoms with van der Waals surface area (Å²) in [6.07, 6.45) is -0.889. The zero-order chi connectivity index (χ0) is 17.5. The summed E-state index contributed by atoms with van der Waals surface area (Å²) in [5, 5.41) is 10.9. The highest BCUT2D eigenvalue weighted by Gasteiger charge is 2.50. The minimum absolute atomic E-state index is 0.00462. The van der Waals surface area contributed by atoms with Crippen molar-refractivity contribution in [3.8, 4) is 0 Å². The number of benzene rings is 2. The summed E-state index contributed by atoms with van der Waals surface area (Å²) in [6, 6.07) is 19.3. The molecule has 0 bridgehead atoms. The van der Waals surface area contributed by atoms with E-state index in [2.05, 4.69) is 0 Å². The van der Waals surface area contributed by atoms with Crippen LogP contribution in [0.2, 0.25) is 0 Å². The van der Waals surface area contributed by atoms with E-state index >= 15 is 0 Å². The largest absolute Gasteiger partial charge is 0.382 e. The van der Waals surface area contributed by atoms with Crippen LogP contribution < -0.4 is 0 Å². The van der Waals surface area contributed by atoms with Gasteiger partial charge in [0, 0.05) is 0 Å². The van der Waals surface area contributed by atoms with Gasteiger partial charge in [-0.05, 0) is 11.1 Å². The van der Waals surface area contributed by atoms with Gasteiger partial charge in [0.05, 0.1) is 26.4 Å². The number of hydrogen-bond acceptors (Lipinski definition) is 5. The van der Waals surface area contributed by atoms with Crippen LogP contribution in [0, 0.1) is 0 Å². The minimum Gasteiger partial charge on any atom is -0.382 e. The standard InChI is InChI=1S/C20H22O5/c21-11-18-19(24-13-17-9-5-2-6-10-17)20(22,15-25-18)14-23-12-16-7-3-1-4-8-16/h1-11,18-19,22H,12-15H2/t18-,19-,20-/m0/s1. The van der Waals surface area contributed by atoms with Gasteiger partial charge in [0.25, 0.3) is 0 Å². The highest BCUT2D eigenvalue weighted by atomic mass is 16.6. The molecule has 5 nitrogen and oxygen atoms in total. The van der Waals surface area contributed by atoms with Crippen LogP contribution in [0.1, 0.15) is 11.1 Å². The summed E-state index contributed by atoms with van der Waals surface area (Å²) in [4.78, 5) is 11.3. The van der Waals surface area contributed by atoms with E-state index < -0.39 is 17.8 Å². The van der Waals surface area contributed by atoms with Crippen molar-refractivity contribution in [1.82, 2.24) is 0 Å². The summed E-state index contributed by atoms with van der Waals surface area (Å²) >= 11 is 0. The van der Waals surface area contributed by atoms with Gasteiger partial charge in [-0.15, -0.1) is 0 Å². The van der Waals surface area contributed by atoms with E-state index in [1.54, 1.807) is 0 Å². The second-order valence-corrected chi connectivity index (χ2v) is 6.21. The second kappa shape index (κ2) is 8.36. The highest BCUT2D eigenvalue weighted by molar-refractivity contribution is 5.58. The van der Waals surface area contributed by atoms with Crippen molar-refractivity contribution in [2.24, 2.45) is 0 Å². The summed E-state index contributed by atoms with van der Waals surface area (Å²) in [5.41, 5.74) is 0.625. The first-order valence-electron chi connectivity index (χ1n) is 8.28. The maximum atomic E-state index is 11.3. The smallest absolute Gasteiger partial charge is 0.151 e. The molecule has 3 rings (SSSR count). The minimum atomic E-state index is -1.35. The van der Waals surface area contributed by atoms with Gasteiger partial charge in [-0.3, -0.25) is 0 Å². The number of hydrogen-bond donors (Lipinski definition) is 1. The zero-order valence-corrected chi connectivity index (χ0v) is 13.9. The first-order chi connectivity index (χ1) is 12.2. The molecule has 0 amide bonds. The van der Waals surface area contributed by atoms with Crippen LogP contribution in [0.3, 0.4) is 0 Å². The monoisotopic (exact) mass is 342 g/mol. The van der Waals surface area contributed by atoms with Crippen molar-refractivity contribution in [2.45, 2.75) is 31.0 Å². The van der Waals surface area contributed by atoms with Gasteiger partial charge in [-0.1, -0.05) is 60.7 Å². The average molecular weight is 342 g/mol. The van der Waals surface area contributed by atoms with Crippen LogP contribution in [0.4, 0.5) is 0 Å². The fourth-order valence-corrected chi connectivity index (χ4v) is 2.88. The van der Waals surface area contributed by atoms with E-state index in [1.807, 2.05) is 60.7 Å². The second-order valence-electron chi connectivity index (χ2n) is 6.21. The third kappa shape index (κ3) is 4.52. The normalized spacial score (nSPS) is 25.8. The molecule has 1 aliphatic heterocycles. The summed E-state index contributed by atoms with van der Waals surface area (Å²) in [7, 11) is 0. The Balaban J connectivity index is 1.59. The van der Waals surface area contributed by atoms with E-state index in [-0.39, 0.29) is 13.2 Å². The van der Waals surface area contributed by atoms with Crippen molar-refractivity contribution in [3.05, 3.63) is 71.8 Å². The molecule has 0 spiro atoms. The van der Waals surface area contributed by atoms with Crippen LogP contribution in [-0.4, -0.2) is 42.4 Å². The van der Waals surface area contributed by atoms with Gasteiger partial charge >= 0.3 is 0 Å². The predicted octanol–water partition coefficient (Wildman–Crippen LogP) is 2.12. The number of aldehydes is 1. The van der Waals surface area contributed by atoms with E-state index in [9.17, 15) is 9.90 Å². The fraction of sp³-hybridized carbons (Fsp3) is 0.350. The van der Waals surface area contributed by atoms with E-state index in [1.165, 1.54) is 0 Å². The summed E-state index contributed by atoms with van der Waals surface area (Å²) < 4.78 is 16.9. The first-order valence-corrected chi connectivity index (χ1v) is 8.28. The fourth-order valence-electron chi connectivity index (χ4n) is 2.88. The molecular weight excluding hydrogens is 320 g/mol. The van der Waals surface area contributed by atoms with Gasteiger partial charge in [0.2, 0.25) is 0 Å². The lowest BCUT2D eigenvalue weighted by molar-refractivity contribution is -0.138. The number of ether oxygens (including phenoxy) is 3. The maximum absolute atomic E-state index is 11.3. The molecule has 1 saturated heterocycles. The number of aliphatic hydroxyl groups is 1. The average Bonchev–Trinajstić information content (AvgIpc) is 2.97. The molecule has 0 aromatic heterocycles. The molecule has 0 unspecified atom stereocenters. The van der Waals surface area contributed by atoms with Crippen molar-refractivity contribution in [3.63, 3.8) is 0 Å². The summed E-state index contributed by atoms with van der Waals surface area (Å²) in [6.45, 7) is 0.705. The molecule has 1 aliphatic rings. The lowest BCUT2D eigenvalue weighted by Crippen LogP contribution is -2.49. The number of rotatable bonds is 8. The molecule has 1 heterocycles. The number of carbonyl (C=O) groups excluding carboxylic acids is 1. The Bertz CT molecular complexity index is 660. The summed E-state index contributed by atoms with van der Waals surface area (Å²) in [5.74, 6) is 0. The van der Waals surface area contributed by atoms with Crippen LogP contribution in [-0.2, 0) is 32.2 Å². The van der Waals surface area contributed by atoms with Crippen molar-refractivity contribution >= 4 is 6.29 Å². The zero-order valence-electron chi connectivity index (χ0n) is 13.9. The van der Waals surface area contributed by atoms with Gasteiger partial charge < -0.3 is 24.1 Å². The van der Waals surface area contributed by atoms with E-state index in [0.29, 0.717) is 19.5 Å². The topological polar surface area (TPSA) is 65.0 Å². The number of carbonyl (C=O) groups is 1. The Kier molecular flexibility index (Phi) is 5.94. The third-order valence-electron chi connectivity index (χ3n) is 4.22. The first kappa shape index (κ1) is 17.8. The SMILES string of the molecule is O=C[C@@H]1OC[C@@](O)(COCc2ccccc2)[C@H]1OCc1ccccc1. The van der Waals surface area contributed by atoms with Crippen LogP contribution in [0.5, 0.6) is 0 Å². The van der Waals surface area contributed by atoms with E-state index in [0.717, 1.165) is 11.1 Å². The molecule has 0 aliphatic carbocycles. The Morgan fingerprint density at radius 1 is 1.04 bits per heavy atom. The molecule has 132 valence electrons. The molecule has 5 heteroatoms. The molecular formula is C20H22O5. The van der Waals surface area contributed by atoms with Crippen LogP contribution >= 0.6 is 0 Å². The lowest BCUT2D eigenvalue weighted by Gasteiger charge is -2.29. The van der Waals surface area contributed by atoms with Crippen molar-refractivity contribution in [1.29, 1.82) is 0 Å². The Hall–Kier alpha value is -2.05. The molecule has 2 aromatic rings. The molecule has 3 atom stereocenters. The Morgan fingerprint density at radius 2 is 1.64 bits per heavy atom. The molecule has 1 fully saturated rings. The lowest BCUT2D eigenvalue weighted by atomic mass is 9.97. The van der Waals surface area contributed by atoms with E-state index in [4.69, 9.17) is 14.2 Å². The van der Waals surface area contributed by atoms with Gasteiger partial charge in [-0.2, -0.15) is 0 Å². The molecule has 1 N–H and O–H groups in total. The van der Waals surface area contributed by atoms with Gasteiger partial charge in [0.1, 0.15) is 17.8 Å². The van der Waals surface area contributed by atoms with Crippen molar-refractivity contribution in [2.75, 3.05) is 13.2 Å². The molecule has 2 aromatic carbocycles. The molecule has 0 saturated carbocycles.